The summed E-state index contributed by atoms with van der Waals surface area (Å²) in [5, 5.41) is 33.8. The van der Waals surface area contributed by atoms with Crippen LogP contribution in [0.4, 0.5) is 5.69 Å². The number of carbonyl (C=O) groups excluding carboxylic acids is 1. The molecule has 6 heteroatoms. The van der Waals surface area contributed by atoms with Crippen molar-refractivity contribution in [2.24, 2.45) is 0 Å². The van der Waals surface area contributed by atoms with E-state index < -0.39 is 11.0 Å². The monoisotopic (exact) mass is 504 g/mol. The van der Waals surface area contributed by atoms with E-state index in [-0.39, 0.29) is 19.1 Å². The first-order valence-electron chi connectivity index (χ1n) is 13.1. The molecule has 1 amide bonds. The molecule has 198 valence electrons. The summed E-state index contributed by atoms with van der Waals surface area (Å²) in [5.41, 5.74) is 3.42. The summed E-state index contributed by atoms with van der Waals surface area (Å²) in [6.45, 7) is 5.83. The van der Waals surface area contributed by atoms with Crippen LogP contribution in [0.5, 0.6) is 0 Å². The van der Waals surface area contributed by atoms with Crippen LogP contribution in [0.25, 0.3) is 0 Å². The van der Waals surface area contributed by atoms with Crippen molar-refractivity contribution in [2.45, 2.75) is 76.9 Å². The molecule has 6 nitrogen and oxygen atoms in total. The molecule has 2 atom stereocenters. The van der Waals surface area contributed by atoms with E-state index in [2.05, 4.69) is 29.4 Å². The Morgan fingerprint density at radius 2 is 1.76 bits per heavy atom. The number of aryl methyl sites for hydroxylation is 1. The zero-order chi connectivity index (χ0) is 26.9. The SMILES string of the molecule is CC[C@](O)(CCCO)CC[C@@](C)(Cc1ccccc1)c1ccc(C(=O)Nc2cccnc2C)cc1CO. The van der Waals surface area contributed by atoms with E-state index in [4.69, 9.17) is 0 Å². The zero-order valence-electron chi connectivity index (χ0n) is 22.2. The number of aromatic nitrogens is 1. The number of nitrogens with one attached hydrogen (secondary N) is 1. The number of pyridine rings is 1. The van der Waals surface area contributed by atoms with Crippen LogP contribution in [-0.4, -0.2) is 38.4 Å². The fourth-order valence-corrected chi connectivity index (χ4v) is 5.03. The maximum Gasteiger partial charge on any atom is 0.255 e. The molecule has 3 aromatic rings. The molecular formula is C31H40N2O4. The Labute approximate surface area is 220 Å². The maximum atomic E-state index is 13.0. The van der Waals surface area contributed by atoms with Gasteiger partial charge >= 0.3 is 0 Å². The summed E-state index contributed by atoms with van der Waals surface area (Å²) in [4.78, 5) is 17.2. The lowest BCUT2D eigenvalue weighted by atomic mass is 9.70. The van der Waals surface area contributed by atoms with Crippen LogP contribution in [-0.2, 0) is 18.4 Å². The molecular weight excluding hydrogens is 464 g/mol. The van der Waals surface area contributed by atoms with Crippen molar-refractivity contribution in [1.82, 2.24) is 4.98 Å². The van der Waals surface area contributed by atoms with Gasteiger partial charge in [-0.15, -0.1) is 0 Å². The third-order valence-electron chi connectivity index (χ3n) is 7.48. The quantitative estimate of drug-likeness (QED) is 0.252. The second-order valence-electron chi connectivity index (χ2n) is 10.2. The van der Waals surface area contributed by atoms with Gasteiger partial charge in [-0.2, -0.15) is 0 Å². The Morgan fingerprint density at radius 1 is 1.00 bits per heavy atom. The van der Waals surface area contributed by atoms with Crippen molar-refractivity contribution in [2.75, 3.05) is 11.9 Å². The summed E-state index contributed by atoms with van der Waals surface area (Å²) >= 11 is 0. The number of aliphatic hydroxyl groups is 3. The van der Waals surface area contributed by atoms with Gasteiger partial charge in [-0.1, -0.05) is 50.2 Å². The number of hydrogen-bond acceptors (Lipinski definition) is 5. The molecule has 0 aliphatic heterocycles. The third kappa shape index (κ3) is 7.48. The minimum absolute atomic E-state index is 0.0559. The molecule has 0 saturated heterocycles. The average Bonchev–Trinajstić information content (AvgIpc) is 2.92. The highest BCUT2D eigenvalue weighted by molar-refractivity contribution is 6.04. The smallest absolute Gasteiger partial charge is 0.255 e. The fraction of sp³-hybridized carbons (Fsp3) is 0.419. The van der Waals surface area contributed by atoms with Crippen LogP contribution in [0, 0.1) is 6.92 Å². The number of hydrogen-bond donors (Lipinski definition) is 4. The van der Waals surface area contributed by atoms with Crippen molar-refractivity contribution >= 4 is 11.6 Å². The van der Waals surface area contributed by atoms with Crippen molar-refractivity contribution < 1.29 is 20.1 Å². The molecule has 0 fully saturated rings. The third-order valence-corrected chi connectivity index (χ3v) is 7.48. The lowest BCUT2D eigenvalue weighted by Gasteiger charge is -2.36. The van der Waals surface area contributed by atoms with Crippen LogP contribution < -0.4 is 5.32 Å². The van der Waals surface area contributed by atoms with E-state index in [1.165, 1.54) is 0 Å². The summed E-state index contributed by atoms with van der Waals surface area (Å²) in [6.07, 6.45) is 5.37. The predicted octanol–water partition coefficient (Wildman–Crippen LogP) is 5.33. The van der Waals surface area contributed by atoms with Gasteiger partial charge in [-0.25, -0.2) is 0 Å². The van der Waals surface area contributed by atoms with Gasteiger partial charge in [0.25, 0.3) is 5.91 Å². The fourth-order valence-electron chi connectivity index (χ4n) is 5.03. The van der Waals surface area contributed by atoms with Crippen LogP contribution in [0.1, 0.15) is 78.7 Å². The number of anilines is 1. The summed E-state index contributed by atoms with van der Waals surface area (Å²) in [5.74, 6) is -0.258. The lowest BCUT2D eigenvalue weighted by Crippen LogP contribution is -2.34. The molecule has 1 aromatic heterocycles. The Hall–Kier alpha value is -3.06. The van der Waals surface area contributed by atoms with Gasteiger partial charge in [-0.05, 0) is 91.8 Å². The number of nitrogens with zero attached hydrogens (tertiary/aromatic N) is 1. The van der Waals surface area contributed by atoms with Crippen molar-refractivity contribution in [1.29, 1.82) is 0 Å². The van der Waals surface area contributed by atoms with E-state index >= 15 is 0 Å². The van der Waals surface area contributed by atoms with Gasteiger partial charge in [0.05, 0.1) is 23.6 Å². The van der Waals surface area contributed by atoms with Crippen molar-refractivity contribution in [3.05, 3.63) is 94.8 Å². The molecule has 4 N–H and O–H groups in total. The van der Waals surface area contributed by atoms with Crippen molar-refractivity contribution in [3.8, 4) is 0 Å². The first kappa shape index (κ1) is 28.5. The maximum absolute atomic E-state index is 13.0. The normalized spacial score (nSPS) is 14.5. The van der Waals surface area contributed by atoms with E-state index in [1.54, 1.807) is 24.4 Å². The molecule has 0 radical (unpaired) electrons. The highest BCUT2D eigenvalue weighted by Gasteiger charge is 2.34. The molecule has 0 bridgehead atoms. The molecule has 0 spiro atoms. The number of carbonyl (C=O) groups is 1. The van der Waals surface area contributed by atoms with Gasteiger partial charge in [0, 0.05) is 18.4 Å². The second kappa shape index (κ2) is 13.0. The molecule has 1 heterocycles. The Kier molecular flexibility index (Phi) is 9.98. The summed E-state index contributed by atoms with van der Waals surface area (Å²) in [6, 6.07) is 19.3. The topological polar surface area (TPSA) is 103 Å². The van der Waals surface area contributed by atoms with Crippen LogP contribution in [0.3, 0.4) is 0 Å². The number of benzene rings is 2. The molecule has 37 heavy (non-hydrogen) atoms. The average molecular weight is 505 g/mol. The predicted molar refractivity (Wildman–Crippen MR) is 148 cm³/mol. The molecule has 0 aliphatic rings. The van der Waals surface area contributed by atoms with E-state index in [0.29, 0.717) is 48.9 Å². The van der Waals surface area contributed by atoms with Gasteiger partial charge in [0.2, 0.25) is 0 Å². The highest BCUT2D eigenvalue weighted by atomic mass is 16.3. The first-order valence-corrected chi connectivity index (χ1v) is 13.1. The van der Waals surface area contributed by atoms with E-state index in [1.807, 2.05) is 44.2 Å². The second-order valence-corrected chi connectivity index (χ2v) is 10.2. The van der Waals surface area contributed by atoms with E-state index in [0.717, 1.165) is 23.2 Å². The Morgan fingerprint density at radius 3 is 2.41 bits per heavy atom. The Balaban J connectivity index is 1.94. The molecule has 3 rings (SSSR count). The largest absolute Gasteiger partial charge is 0.396 e. The Bertz CT molecular complexity index is 1170. The minimum atomic E-state index is -0.860. The van der Waals surface area contributed by atoms with Crippen LogP contribution >= 0.6 is 0 Å². The summed E-state index contributed by atoms with van der Waals surface area (Å²) in [7, 11) is 0. The zero-order valence-corrected chi connectivity index (χ0v) is 22.2. The number of rotatable bonds is 13. The lowest BCUT2D eigenvalue weighted by molar-refractivity contribution is 0.00592. The molecule has 2 aromatic carbocycles. The van der Waals surface area contributed by atoms with Gasteiger partial charge in [0.1, 0.15) is 0 Å². The minimum Gasteiger partial charge on any atom is -0.396 e. The summed E-state index contributed by atoms with van der Waals surface area (Å²) < 4.78 is 0. The number of aliphatic hydroxyl groups excluding tert-OH is 2. The molecule has 0 aliphatic carbocycles. The van der Waals surface area contributed by atoms with E-state index in [9.17, 15) is 20.1 Å². The molecule has 0 saturated carbocycles. The molecule has 0 unspecified atom stereocenters. The van der Waals surface area contributed by atoms with Crippen molar-refractivity contribution in [3.63, 3.8) is 0 Å². The first-order chi connectivity index (χ1) is 17.7. The van der Waals surface area contributed by atoms with Gasteiger partial charge in [-0.3, -0.25) is 9.78 Å². The number of amides is 1. The van der Waals surface area contributed by atoms with Gasteiger partial charge in [0.15, 0.2) is 0 Å². The highest BCUT2D eigenvalue weighted by Crippen LogP contribution is 2.39. The van der Waals surface area contributed by atoms with Crippen LogP contribution in [0.2, 0.25) is 0 Å². The van der Waals surface area contributed by atoms with Crippen LogP contribution in [0.15, 0.2) is 66.9 Å². The van der Waals surface area contributed by atoms with Gasteiger partial charge < -0.3 is 20.6 Å². The standard InChI is InChI=1S/C31H40N2O4/c1-4-31(37,15-9-19-34)17-16-30(3,21-24-10-6-5-7-11-24)27-14-13-25(20-26(27)22-35)29(36)33-28-12-8-18-32-23(28)2/h5-8,10-14,18,20,34-35,37H,4,9,15-17,19,21-22H2,1-3H3,(H,33,36)/t30-,31-/m0/s1.